The second-order valence-electron chi connectivity index (χ2n) is 4.20. The average molecular weight is 240 g/mol. The van der Waals surface area contributed by atoms with Gasteiger partial charge in [-0.15, -0.1) is 11.3 Å². The maximum absolute atomic E-state index is 11.9. The van der Waals surface area contributed by atoms with Crippen LogP contribution in [0.5, 0.6) is 0 Å². The molecule has 1 amide bonds. The Labute approximate surface area is 98.7 Å². The molecule has 4 nitrogen and oxygen atoms in total. The Bertz CT molecular complexity index is 378. The van der Waals surface area contributed by atoms with Crippen LogP contribution in [0.1, 0.15) is 41.0 Å². The number of carbonyl (C=O) groups excluding carboxylic acids is 1. The second-order valence-corrected chi connectivity index (χ2v) is 5.05. The number of nitrogens with zero attached hydrogens (tertiary/aromatic N) is 1. The monoisotopic (exact) mass is 240 g/mol. The number of amides is 1. The topological polar surface area (TPSA) is 62.2 Å². The Hall–Kier alpha value is -0.940. The Morgan fingerprint density at radius 2 is 2.31 bits per heavy atom. The maximum Gasteiger partial charge on any atom is 0.263 e. The van der Waals surface area contributed by atoms with Crippen molar-refractivity contribution in [3.05, 3.63) is 16.1 Å². The zero-order valence-electron chi connectivity index (χ0n) is 9.27. The first-order valence-corrected chi connectivity index (χ1v) is 6.45. The largest absolute Gasteiger partial charge is 0.391 e. The lowest BCUT2D eigenvalue weighted by Crippen LogP contribution is -2.45. The fourth-order valence-electron chi connectivity index (χ4n) is 2.03. The summed E-state index contributed by atoms with van der Waals surface area (Å²) in [5.74, 6) is -0.106. The number of aliphatic hydroxyl groups excluding tert-OH is 1. The third-order valence-corrected chi connectivity index (χ3v) is 3.93. The summed E-state index contributed by atoms with van der Waals surface area (Å²) in [5.41, 5.74) is 2.43. The summed E-state index contributed by atoms with van der Waals surface area (Å²) in [6.45, 7) is 1.82. The van der Waals surface area contributed by atoms with Crippen LogP contribution < -0.4 is 5.32 Å². The van der Waals surface area contributed by atoms with Crippen LogP contribution >= 0.6 is 11.3 Å². The molecule has 0 aromatic carbocycles. The zero-order valence-corrected chi connectivity index (χ0v) is 10.1. The number of thiazole rings is 1. The fourth-order valence-corrected chi connectivity index (χ4v) is 2.74. The summed E-state index contributed by atoms with van der Waals surface area (Å²) in [5, 5.41) is 12.7. The van der Waals surface area contributed by atoms with Gasteiger partial charge in [0.15, 0.2) is 0 Å². The van der Waals surface area contributed by atoms with E-state index in [0.29, 0.717) is 4.88 Å². The van der Waals surface area contributed by atoms with Crippen LogP contribution in [0.15, 0.2) is 5.51 Å². The van der Waals surface area contributed by atoms with Gasteiger partial charge in [0.1, 0.15) is 4.88 Å². The van der Waals surface area contributed by atoms with Crippen molar-refractivity contribution in [3.63, 3.8) is 0 Å². The lowest BCUT2D eigenvalue weighted by Gasteiger charge is -2.28. The molecule has 1 saturated carbocycles. The van der Waals surface area contributed by atoms with Crippen molar-refractivity contribution in [2.75, 3.05) is 0 Å². The predicted octanol–water partition coefficient (Wildman–Crippen LogP) is 1.48. The van der Waals surface area contributed by atoms with Gasteiger partial charge in [0.05, 0.1) is 23.4 Å². The van der Waals surface area contributed by atoms with Crippen molar-refractivity contribution in [1.29, 1.82) is 0 Å². The predicted molar refractivity (Wildman–Crippen MR) is 62.6 cm³/mol. The molecule has 0 bridgehead atoms. The van der Waals surface area contributed by atoms with Crippen molar-refractivity contribution in [2.24, 2.45) is 0 Å². The Kier molecular flexibility index (Phi) is 3.56. The number of carbonyl (C=O) groups is 1. The van der Waals surface area contributed by atoms with E-state index in [9.17, 15) is 9.90 Å². The van der Waals surface area contributed by atoms with Crippen LogP contribution in [-0.4, -0.2) is 28.1 Å². The lowest BCUT2D eigenvalue weighted by molar-refractivity contribution is 0.0719. The molecule has 1 aromatic rings. The minimum Gasteiger partial charge on any atom is -0.391 e. The molecular weight excluding hydrogens is 224 g/mol. The summed E-state index contributed by atoms with van der Waals surface area (Å²) in [7, 11) is 0. The molecule has 0 unspecified atom stereocenters. The average Bonchev–Trinajstić information content (AvgIpc) is 2.68. The molecule has 1 aliphatic carbocycles. The van der Waals surface area contributed by atoms with E-state index in [4.69, 9.17) is 0 Å². The van der Waals surface area contributed by atoms with E-state index < -0.39 is 6.10 Å². The maximum atomic E-state index is 11.9. The molecule has 0 spiro atoms. The standard InChI is InChI=1S/C11H16N2O2S/c1-7-10(16-6-12-7)11(15)13-8-4-2-3-5-9(8)14/h6,8-9,14H,2-5H2,1H3,(H,13,15)/t8-,9-/m1/s1. The molecule has 1 aromatic heterocycles. The quantitative estimate of drug-likeness (QED) is 0.823. The molecule has 2 rings (SSSR count). The Morgan fingerprint density at radius 3 is 2.94 bits per heavy atom. The van der Waals surface area contributed by atoms with Gasteiger partial charge in [-0.05, 0) is 19.8 Å². The van der Waals surface area contributed by atoms with Gasteiger partial charge in [-0.1, -0.05) is 12.8 Å². The van der Waals surface area contributed by atoms with Gasteiger partial charge < -0.3 is 10.4 Å². The van der Waals surface area contributed by atoms with E-state index in [-0.39, 0.29) is 11.9 Å². The third kappa shape index (κ3) is 2.41. The number of hydrogen-bond acceptors (Lipinski definition) is 4. The highest BCUT2D eigenvalue weighted by Gasteiger charge is 2.25. The van der Waals surface area contributed by atoms with Crippen LogP contribution in [0, 0.1) is 6.92 Å². The highest BCUT2D eigenvalue weighted by molar-refractivity contribution is 7.11. The van der Waals surface area contributed by atoms with Gasteiger partial charge in [0.2, 0.25) is 0 Å². The van der Waals surface area contributed by atoms with Crippen molar-refractivity contribution in [2.45, 2.75) is 44.8 Å². The fraction of sp³-hybridized carbons (Fsp3) is 0.636. The normalized spacial score (nSPS) is 25.4. The van der Waals surface area contributed by atoms with Crippen LogP contribution in [0.4, 0.5) is 0 Å². The summed E-state index contributed by atoms with van der Waals surface area (Å²) < 4.78 is 0. The zero-order chi connectivity index (χ0) is 11.5. The molecule has 1 fully saturated rings. The molecule has 88 valence electrons. The first-order valence-electron chi connectivity index (χ1n) is 5.57. The smallest absolute Gasteiger partial charge is 0.263 e. The van der Waals surface area contributed by atoms with Crippen molar-refractivity contribution in [1.82, 2.24) is 10.3 Å². The number of rotatable bonds is 2. The SMILES string of the molecule is Cc1ncsc1C(=O)N[C@@H]1CCCC[C@H]1O. The van der Waals surface area contributed by atoms with Crippen molar-refractivity contribution < 1.29 is 9.90 Å². The van der Waals surface area contributed by atoms with E-state index in [1.54, 1.807) is 5.51 Å². The number of aliphatic hydroxyl groups is 1. The summed E-state index contributed by atoms with van der Waals surface area (Å²) in [4.78, 5) is 16.6. The van der Waals surface area contributed by atoms with Gasteiger partial charge in [-0.3, -0.25) is 4.79 Å². The van der Waals surface area contributed by atoms with Crippen LogP contribution in [0.2, 0.25) is 0 Å². The van der Waals surface area contributed by atoms with E-state index >= 15 is 0 Å². The van der Waals surface area contributed by atoms with Crippen LogP contribution in [0.3, 0.4) is 0 Å². The molecule has 1 aliphatic rings. The molecule has 1 heterocycles. The van der Waals surface area contributed by atoms with Gasteiger partial charge in [0.25, 0.3) is 5.91 Å². The third-order valence-electron chi connectivity index (χ3n) is 3.00. The van der Waals surface area contributed by atoms with Crippen LogP contribution in [-0.2, 0) is 0 Å². The van der Waals surface area contributed by atoms with Gasteiger partial charge >= 0.3 is 0 Å². The minimum absolute atomic E-state index is 0.0947. The number of aromatic nitrogens is 1. The number of hydrogen-bond donors (Lipinski definition) is 2. The second kappa shape index (κ2) is 4.93. The molecule has 2 atom stereocenters. The Balaban J connectivity index is 1.99. The molecule has 0 aliphatic heterocycles. The van der Waals surface area contributed by atoms with E-state index in [1.165, 1.54) is 11.3 Å². The molecule has 5 heteroatoms. The van der Waals surface area contributed by atoms with E-state index in [0.717, 1.165) is 31.4 Å². The van der Waals surface area contributed by atoms with E-state index in [2.05, 4.69) is 10.3 Å². The number of nitrogens with one attached hydrogen (secondary N) is 1. The Morgan fingerprint density at radius 1 is 1.56 bits per heavy atom. The van der Waals surface area contributed by atoms with Crippen molar-refractivity contribution >= 4 is 17.2 Å². The molecule has 16 heavy (non-hydrogen) atoms. The molecule has 0 radical (unpaired) electrons. The summed E-state index contributed by atoms with van der Waals surface area (Å²) >= 11 is 1.34. The molecule has 0 saturated heterocycles. The first kappa shape index (κ1) is 11.5. The minimum atomic E-state index is -0.397. The van der Waals surface area contributed by atoms with Gasteiger partial charge in [-0.2, -0.15) is 0 Å². The molecule has 2 N–H and O–H groups in total. The summed E-state index contributed by atoms with van der Waals surface area (Å²) in [6.07, 6.45) is 3.37. The highest BCUT2D eigenvalue weighted by atomic mass is 32.1. The molecular formula is C11H16N2O2S. The van der Waals surface area contributed by atoms with Gasteiger partial charge in [-0.25, -0.2) is 4.98 Å². The van der Waals surface area contributed by atoms with Crippen molar-refractivity contribution in [3.8, 4) is 0 Å². The number of aryl methyl sites for hydroxylation is 1. The lowest BCUT2D eigenvalue weighted by atomic mass is 9.92. The highest BCUT2D eigenvalue weighted by Crippen LogP contribution is 2.19. The summed E-state index contributed by atoms with van der Waals surface area (Å²) in [6, 6.07) is -0.0947. The van der Waals surface area contributed by atoms with Crippen LogP contribution in [0.25, 0.3) is 0 Å². The van der Waals surface area contributed by atoms with E-state index in [1.807, 2.05) is 6.92 Å². The van der Waals surface area contributed by atoms with Gasteiger partial charge in [0, 0.05) is 0 Å². The first-order chi connectivity index (χ1) is 7.68.